The van der Waals surface area contributed by atoms with Gasteiger partial charge in [-0.25, -0.2) is 0 Å². The largest absolute Gasteiger partial charge is 0.100 e. The molecule has 0 radical (unpaired) electrons. The average Bonchev–Trinajstić information content (AvgIpc) is 2.02. The van der Waals surface area contributed by atoms with Gasteiger partial charge >= 0.3 is 0 Å². The lowest BCUT2D eigenvalue weighted by atomic mass is 10.3. The molecule has 0 nitrogen and oxygen atoms in total. The molecule has 0 aromatic heterocycles. The normalized spacial score (nSPS) is 9.09. The summed E-state index contributed by atoms with van der Waals surface area (Å²) >= 11 is 0. The van der Waals surface area contributed by atoms with E-state index in [-0.39, 0.29) is 0 Å². The van der Waals surface area contributed by atoms with Crippen LogP contribution in [0.25, 0.3) is 0 Å². The smallest absolute Gasteiger partial charge is 0.0354 e. The van der Waals surface area contributed by atoms with Crippen LogP contribution >= 0.6 is 0 Å². The van der Waals surface area contributed by atoms with E-state index in [2.05, 4.69) is 39.5 Å². The molecule has 0 atom stereocenters. The second-order valence-corrected chi connectivity index (χ2v) is 2.60. The van der Waals surface area contributed by atoms with E-state index in [1.165, 1.54) is 18.4 Å². The highest BCUT2D eigenvalue weighted by molar-refractivity contribution is 4.84. The van der Waals surface area contributed by atoms with Crippen molar-refractivity contribution in [1.82, 2.24) is 0 Å². The quantitative estimate of drug-likeness (QED) is 0.531. The van der Waals surface area contributed by atoms with E-state index in [4.69, 9.17) is 0 Å². The van der Waals surface area contributed by atoms with E-state index in [0.717, 1.165) is 6.42 Å². The van der Waals surface area contributed by atoms with E-state index in [9.17, 15) is 0 Å². The molecule has 0 aromatic rings. The van der Waals surface area contributed by atoms with Crippen molar-refractivity contribution in [1.29, 1.82) is 0 Å². The zero-order valence-corrected chi connectivity index (χ0v) is 8.48. The van der Waals surface area contributed by atoms with Gasteiger partial charge in [0.25, 0.3) is 0 Å². The summed E-state index contributed by atoms with van der Waals surface area (Å²) in [6, 6.07) is 0. The second-order valence-electron chi connectivity index (χ2n) is 2.60. The summed E-state index contributed by atoms with van der Waals surface area (Å²) in [5.74, 6) is 0. The molecule has 0 aliphatic rings. The van der Waals surface area contributed by atoms with Crippen molar-refractivity contribution in [3.63, 3.8) is 0 Å². The van der Waals surface area contributed by atoms with E-state index < -0.39 is 0 Å². The van der Waals surface area contributed by atoms with Crippen LogP contribution in [0.2, 0.25) is 0 Å². The molecular weight excluding hydrogens is 132 g/mol. The summed E-state index contributed by atoms with van der Waals surface area (Å²) in [5, 5.41) is 0. The molecule has 0 heterocycles. The lowest BCUT2D eigenvalue weighted by Gasteiger charge is -1.79. The van der Waals surface area contributed by atoms with Gasteiger partial charge in [-0.1, -0.05) is 38.5 Å². The van der Waals surface area contributed by atoms with Gasteiger partial charge in [-0.2, -0.15) is 0 Å². The van der Waals surface area contributed by atoms with Crippen LogP contribution in [0.1, 0.15) is 47.0 Å². The zero-order valence-electron chi connectivity index (χ0n) is 8.48. The average molecular weight is 154 g/mol. The third-order valence-electron chi connectivity index (χ3n) is 1.24. The van der Waals surface area contributed by atoms with Crippen LogP contribution in [0.4, 0.5) is 0 Å². The van der Waals surface area contributed by atoms with Gasteiger partial charge < -0.3 is 0 Å². The Labute approximate surface area is 72.0 Å². The van der Waals surface area contributed by atoms with Crippen molar-refractivity contribution in [2.45, 2.75) is 47.0 Å². The Morgan fingerprint density at radius 1 is 1.09 bits per heavy atom. The summed E-state index contributed by atoms with van der Waals surface area (Å²) in [6.07, 6.45) is 7.82. The standard InChI is InChI=1S/C6H12.C5H10/c1-3-5-6-4-2;1-4-5(2)3/h5-6H,3-4H2,1-2H3;2,4H2,1,3H3/b6-5-;. The van der Waals surface area contributed by atoms with Crippen molar-refractivity contribution < 1.29 is 0 Å². The fraction of sp³-hybridized carbons (Fsp3) is 0.636. The molecule has 0 bridgehead atoms. The predicted octanol–water partition coefficient (Wildman–Crippen LogP) is 4.34. The van der Waals surface area contributed by atoms with E-state index >= 15 is 0 Å². The van der Waals surface area contributed by atoms with E-state index in [1.807, 2.05) is 6.92 Å². The maximum Gasteiger partial charge on any atom is -0.0354 e. The summed E-state index contributed by atoms with van der Waals surface area (Å²) in [5.41, 5.74) is 1.25. The molecule has 0 aromatic carbocycles. The van der Waals surface area contributed by atoms with Crippen molar-refractivity contribution in [3.8, 4) is 0 Å². The topological polar surface area (TPSA) is 0 Å². The van der Waals surface area contributed by atoms with Crippen LogP contribution < -0.4 is 0 Å². The summed E-state index contributed by atoms with van der Waals surface area (Å²) in [6.45, 7) is 12.1. The van der Waals surface area contributed by atoms with Crippen molar-refractivity contribution in [2.75, 3.05) is 0 Å². The minimum atomic E-state index is 1.11. The molecule has 0 heteroatoms. The Kier molecular flexibility index (Phi) is 14.5. The van der Waals surface area contributed by atoms with Crippen LogP contribution in [-0.4, -0.2) is 0 Å². The van der Waals surface area contributed by atoms with Crippen LogP contribution in [-0.2, 0) is 0 Å². The molecule has 0 spiro atoms. The Morgan fingerprint density at radius 2 is 1.36 bits per heavy atom. The molecule has 11 heavy (non-hydrogen) atoms. The molecular formula is C11H22. The maximum absolute atomic E-state index is 3.67. The lowest BCUT2D eigenvalue weighted by Crippen LogP contribution is -1.58. The molecule has 0 N–H and O–H groups in total. The van der Waals surface area contributed by atoms with E-state index in [1.54, 1.807) is 0 Å². The number of hydrogen-bond donors (Lipinski definition) is 0. The van der Waals surface area contributed by atoms with Crippen LogP contribution in [0, 0.1) is 0 Å². The fourth-order valence-corrected chi connectivity index (χ4v) is 0.333. The molecule has 0 saturated carbocycles. The maximum atomic E-state index is 3.67. The summed E-state index contributed by atoms with van der Waals surface area (Å²) in [7, 11) is 0. The van der Waals surface area contributed by atoms with Crippen LogP contribution in [0.3, 0.4) is 0 Å². The van der Waals surface area contributed by atoms with E-state index in [0.29, 0.717) is 0 Å². The monoisotopic (exact) mass is 154 g/mol. The molecule has 66 valence electrons. The van der Waals surface area contributed by atoms with Gasteiger partial charge in [-0.3, -0.25) is 0 Å². The first-order chi connectivity index (χ1) is 5.18. The Morgan fingerprint density at radius 3 is 1.45 bits per heavy atom. The first-order valence-electron chi connectivity index (χ1n) is 4.48. The fourth-order valence-electron chi connectivity index (χ4n) is 0.333. The lowest BCUT2D eigenvalue weighted by molar-refractivity contribution is 1.11. The third kappa shape index (κ3) is 26.4. The molecule has 0 saturated heterocycles. The van der Waals surface area contributed by atoms with Gasteiger partial charge in [-0.05, 0) is 26.2 Å². The summed E-state index contributed by atoms with van der Waals surface area (Å²) < 4.78 is 0. The Bertz CT molecular complexity index is 92.6. The first-order valence-corrected chi connectivity index (χ1v) is 4.48. The highest BCUT2D eigenvalue weighted by Gasteiger charge is 1.67. The SMILES string of the molecule is C=C(C)CC.CC/C=C\CC. The highest BCUT2D eigenvalue weighted by Crippen LogP contribution is 1.88. The van der Waals surface area contributed by atoms with Gasteiger partial charge in [-0.15, -0.1) is 6.58 Å². The molecule has 0 aliphatic carbocycles. The molecule has 0 rings (SSSR count). The van der Waals surface area contributed by atoms with Crippen molar-refractivity contribution in [3.05, 3.63) is 24.3 Å². The second kappa shape index (κ2) is 12.2. The predicted molar refractivity (Wildman–Crippen MR) is 54.8 cm³/mol. The number of rotatable bonds is 3. The van der Waals surface area contributed by atoms with Gasteiger partial charge in [0.05, 0.1) is 0 Å². The number of allylic oxidation sites excluding steroid dienone is 3. The zero-order chi connectivity index (χ0) is 9.11. The minimum absolute atomic E-state index is 1.11. The summed E-state index contributed by atoms with van der Waals surface area (Å²) in [4.78, 5) is 0. The molecule has 0 unspecified atom stereocenters. The van der Waals surface area contributed by atoms with Gasteiger partial charge in [0.15, 0.2) is 0 Å². The molecule has 0 amide bonds. The van der Waals surface area contributed by atoms with Gasteiger partial charge in [0.2, 0.25) is 0 Å². The van der Waals surface area contributed by atoms with Crippen LogP contribution in [0.15, 0.2) is 24.3 Å². The number of hydrogen-bond acceptors (Lipinski definition) is 0. The highest BCUT2D eigenvalue weighted by atomic mass is 13.7. The Hall–Kier alpha value is -0.520. The minimum Gasteiger partial charge on any atom is -0.100 e. The third-order valence-corrected chi connectivity index (χ3v) is 1.24. The van der Waals surface area contributed by atoms with Crippen molar-refractivity contribution >= 4 is 0 Å². The Balaban J connectivity index is 0. The first kappa shape index (κ1) is 13.1. The molecule has 0 fully saturated rings. The van der Waals surface area contributed by atoms with Crippen molar-refractivity contribution in [2.24, 2.45) is 0 Å². The van der Waals surface area contributed by atoms with Crippen LogP contribution in [0.5, 0.6) is 0 Å². The van der Waals surface area contributed by atoms with Gasteiger partial charge in [0.1, 0.15) is 0 Å². The molecule has 0 aliphatic heterocycles. The van der Waals surface area contributed by atoms with Gasteiger partial charge in [0, 0.05) is 0 Å².